The third kappa shape index (κ3) is 3.04. The molecule has 2 aromatic rings. The highest BCUT2D eigenvalue weighted by atomic mass is 79.9. The fourth-order valence-electron chi connectivity index (χ4n) is 2.02. The lowest BCUT2D eigenvalue weighted by atomic mass is 10.1. The van der Waals surface area contributed by atoms with Crippen LogP contribution in [0.4, 0.5) is 0 Å². The average Bonchev–Trinajstić information content (AvgIpc) is 2.78. The van der Waals surface area contributed by atoms with Gasteiger partial charge in [-0.2, -0.15) is 5.10 Å². The summed E-state index contributed by atoms with van der Waals surface area (Å²) in [6.07, 6.45) is 0.926. The summed E-state index contributed by atoms with van der Waals surface area (Å²) in [4.78, 5) is 0. The van der Waals surface area contributed by atoms with Crippen molar-refractivity contribution in [2.45, 2.75) is 19.4 Å². The second-order valence-corrected chi connectivity index (χ2v) is 7.97. The normalized spacial score (nSPS) is 12.9. The van der Waals surface area contributed by atoms with Gasteiger partial charge in [-0.15, -0.1) is 11.3 Å². The van der Waals surface area contributed by atoms with Crippen molar-refractivity contribution in [2.75, 3.05) is 7.05 Å². The number of hydrogen-bond acceptors (Lipinski definition) is 3. The van der Waals surface area contributed by atoms with Gasteiger partial charge in [0.2, 0.25) is 0 Å². The fourth-order valence-corrected chi connectivity index (χ4v) is 5.00. The van der Waals surface area contributed by atoms with Gasteiger partial charge in [-0.25, -0.2) is 0 Å². The number of halogens is 2. The zero-order chi connectivity index (χ0) is 13.3. The van der Waals surface area contributed by atoms with Crippen LogP contribution in [0.2, 0.25) is 0 Å². The Morgan fingerprint density at radius 1 is 1.44 bits per heavy atom. The molecule has 1 N–H and O–H groups in total. The zero-order valence-electron chi connectivity index (χ0n) is 10.5. The van der Waals surface area contributed by atoms with Crippen molar-refractivity contribution in [3.8, 4) is 0 Å². The Balaban J connectivity index is 2.25. The second kappa shape index (κ2) is 5.86. The molecule has 2 heterocycles. The van der Waals surface area contributed by atoms with E-state index in [0.29, 0.717) is 0 Å². The minimum Gasteiger partial charge on any atom is -0.313 e. The first-order chi connectivity index (χ1) is 8.51. The third-order valence-corrected chi connectivity index (χ3v) is 5.30. The highest BCUT2D eigenvalue weighted by molar-refractivity contribution is 9.12. The van der Waals surface area contributed by atoms with Crippen LogP contribution >= 0.6 is 43.2 Å². The van der Waals surface area contributed by atoms with Gasteiger partial charge >= 0.3 is 0 Å². The molecule has 0 saturated heterocycles. The summed E-state index contributed by atoms with van der Waals surface area (Å²) in [6, 6.07) is 4.59. The van der Waals surface area contributed by atoms with Crippen LogP contribution in [0.15, 0.2) is 19.7 Å². The summed E-state index contributed by atoms with van der Waals surface area (Å²) < 4.78 is 4.27. The van der Waals surface area contributed by atoms with Crippen LogP contribution in [0, 0.1) is 6.92 Å². The lowest BCUT2D eigenvalue weighted by Gasteiger charge is -2.15. The minimum atomic E-state index is 0.289. The van der Waals surface area contributed by atoms with E-state index in [4.69, 9.17) is 0 Å². The predicted molar refractivity (Wildman–Crippen MR) is 83.2 cm³/mol. The van der Waals surface area contributed by atoms with Gasteiger partial charge in [0.15, 0.2) is 0 Å². The van der Waals surface area contributed by atoms with E-state index < -0.39 is 0 Å². The lowest BCUT2D eigenvalue weighted by molar-refractivity contribution is 0.561. The summed E-state index contributed by atoms with van der Waals surface area (Å²) in [5.41, 5.74) is 3.59. The maximum atomic E-state index is 4.39. The smallest absolute Gasteiger partial charge is 0.0758 e. The van der Waals surface area contributed by atoms with Crippen LogP contribution in [0.25, 0.3) is 0 Å². The molecule has 18 heavy (non-hydrogen) atoms. The monoisotopic (exact) mass is 391 g/mol. The number of rotatable bonds is 4. The van der Waals surface area contributed by atoms with Crippen LogP contribution < -0.4 is 5.32 Å². The summed E-state index contributed by atoms with van der Waals surface area (Å²) >= 11 is 8.85. The molecule has 0 aliphatic carbocycles. The Morgan fingerprint density at radius 2 is 2.17 bits per heavy atom. The third-order valence-electron chi connectivity index (χ3n) is 2.92. The van der Waals surface area contributed by atoms with Gasteiger partial charge in [-0.3, -0.25) is 4.68 Å². The number of hydrogen-bond donors (Lipinski definition) is 1. The first kappa shape index (κ1) is 14.2. The molecule has 6 heteroatoms. The van der Waals surface area contributed by atoms with Crippen LogP contribution in [-0.2, 0) is 13.5 Å². The molecule has 2 rings (SSSR count). The number of thiophene rings is 1. The van der Waals surface area contributed by atoms with E-state index in [2.05, 4.69) is 54.4 Å². The predicted octanol–water partition coefficient (Wildman–Crippen LogP) is 3.82. The van der Waals surface area contributed by atoms with Crippen LogP contribution in [0.3, 0.4) is 0 Å². The van der Waals surface area contributed by atoms with Crippen molar-refractivity contribution in [3.63, 3.8) is 0 Å². The average molecular weight is 393 g/mol. The second-order valence-electron chi connectivity index (χ2n) is 4.23. The van der Waals surface area contributed by atoms with Crippen LogP contribution in [-0.4, -0.2) is 16.8 Å². The number of likely N-dealkylation sites (N-methyl/N-ethyl adjacent to an activating group) is 1. The summed E-state index contributed by atoms with van der Waals surface area (Å²) in [6.45, 7) is 2.02. The summed E-state index contributed by atoms with van der Waals surface area (Å²) in [5.74, 6) is 0. The number of nitrogens with one attached hydrogen (secondary N) is 1. The molecular formula is C12H15Br2N3S. The zero-order valence-corrected chi connectivity index (χ0v) is 14.5. The van der Waals surface area contributed by atoms with Crippen molar-refractivity contribution in [3.05, 3.63) is 36.7 Å². The molecule has 3 nitrogen and oxygen atoms in total. The van der Waals surface area contributed by atoms with E-state index in [-0.39, 0.29) is 6.04 Å². The standard InChI is InChI=1S/C12H15Br2N3S/c1-7-4-8(17(3)16-7)5-10(15-2)9-6-11(13)18-12(9)14/h4,6,10,15H,5H2,1-3H3. The fraction of sp³-hybridized carbons (Fsp3) is 0.417. The largest absolute Gasteiger partial charge is 0.313 e. The first-order valence-electron chi connectivity index (χ1n) is 5.62. The first-order valence-corrected chi connectivity index (χ1v) is 8.03. The van der Waals surface area contributed by atoms with Crippen molar-refractivity contribution in [1.29, 1.82) is 0 Å². The molecule has 1 unspecified atom stereocenters. The maximum Gasteiger partial charge on any atom is 0.0758 e. The Labute approximate surface area is 128 Å². The van der Waals surface area contributed by atoms with Crippen molar-refractivity contribution < 1.29 is 0 Å². The molecule has 1 atom stereocenters. The van der Waals surface area contributed by atoms with Gasteiger partial charge in [-0.1, -0.05) is 0 Å². The number of aromatic nitrogens is 2. The Hall–Kier alpha value is -0.170. The molecule has 0 aromatic carbocycles. The van der Waals surface area contributed by atoms with Gasteiger partial charge in [0.25, 0.3) is 0 Å². The Kier molecular flexibility index (Phi) is 4.64. The maximum absolute atomic E-state index is 4.39. The van der Waals surface area contributed by atoms with Gasteiger partial charge < -0.3 is 5.32 Å². The molecule has 0 bridgehead atoms. The highest BCUT2D eigenvalue weighted by Crippen LogP contribution is 2.36. The molecule has 0 fully saturated rings. The van der Waals surface area contributed by atoms with E-state index in [1.807, 2.05) is 25.7 Å². The quantitative estimate of drug-likeness (QED) is 0.856. The van der Waals surface area contributed by atoms with Gasteiger partial charge in [0, 0.05) is 25.2 Å². The molecule has 0 saturated carbocycles. The van der Waals surface area contributed by atoms with E-state index in [9.17, 15) is 0 Å². The SMILES string of the molecule is CNC(Cc1cc(C)nn1C)c1cc(Br)sc1Br. The molecule has 0 spiro atoms. The number of nitrogens with zero attached hydrogens (tertiary/aromatic N) is 2. The van der Waals surface area contributed by atoms with E-state index in [1.165, 1.54) is 15.0 Å². The van der Waals surface area contributed by atoms with Crippen molar-refractivity contribution in [2.24, 2.45) is 7.05 Å². The van der Waals surface area contributed by atoms with Gasteiger partial charge in [0.1, 0.15) is 0 Å². The molecule has 0 radical (unpaired) electrons. The molecule has 98 valence electrons. The van der Waals surface area contributed by atoms with Gasteiger partial charge in [-0.05, 0) is 63.5 Å². The minimum absolute atomic E-state index is 0.289. The summed E-state index contributed by atoms with van der Waals surface area (Å²) in [5, 5.41) is 7.76. The summed E-state index contributed by atoms with van der Waals surface area (Å²) in [7, 11) is 3.99. The van der Waals surface area contributed by atoms with E-state index in [0.717, 1.165) is 15.9 Å². The highest BCUT2D eigenvalue weighted by Gasteiger charge is 2.17. The van der Waals surface area contributed by atoms with E-state index in [1.54, 1.807) is 11.3 Å². The van der Waals surface area contributed by atoms with Crippen molar-refractivity contribution in [1.82, 2.24) is 15.1 Å². The molecule has 0 aliphatic heterocycles. The topological polar surface area (TPSA) is 29.9 Å². The molecule has 0 aliphatic rings. The Bertz CT molecular complexity index is 548. The van der Waals surface area contributed by atoms with Gasteiger partial charge in [0.05, 0.1) is 13.3 Å². The Morgan fingerprint density at radius 3 is 2.61 bits per heavy atom. The van der Waals surface area contributed by atoms with Crippen LogP contribution in [0.1, 0.15) is 23.0 Å². The van der Waals surface area contributed by atoms with Crippen molar-refractivity contribution >= 4 is 43.2 Å². The molecule has 2 aromatic heterocycles. The van der Waals surface area contributed by atoms with E-state index >= 15 is 0 Å². The van der Waals surface area contributed by atoms with Crippen LogP contribution in [0.5, 0.6) is 0 Å². The molecular weight excluding hydrogens is 378 g/mol. The molecule has 0 amide bonds. The number of aryl methyl sites for hydroxylation is 2. The lowest BCUT2D eigenvalue weighted by Crippen LogP contribution is -2.20.